The second-order valence-electron chi connectivity index (χ2n) is 2.90. The maximum atomic E-state index is 7.43. The molecular weight excluding hydrogens is 210 g/mol. The lowest BCUT2D eigenvalue weighted by atomic mass is 10.2. The molecule has 0 bridgehead atoms. The highest BCUT2D eigenvalue weighted by Gasteiger charge is 2.01. The summed E-state index contributed by atoms with van der Waals surface area (Å²) in [6.45, 7) is 1.98. The van der Waals surface area contributed by atoms with Crippen molar-refractivity contribution in [1.29, 1.82) is 5.41 Å². The second-order valence-corrected chi connectivity index (χ2v) is 3.86. The molecule has 15 heavy (non-hydrogen) atoms. The lowest BCUT2D eigenvalue weighted by molar-refractivity contribution is 1.13. The fourth-order valence-corrected chi connectivity index (χ4v) is 1.70. The lowest BCUT2D eigenvalue weighted by Gasteiger charge is -2.02. The Morgan fingerprint density at radius 1 is 1.60 bits per heavy atom. The minimum absolute atomic E-state index is 0.0924. The smallest absolute Gasteiger partial charge is 0.193 e. The summed E-state index contributed by atoms with van der Waals surface area (Å²) < 4.78 is 0. The highest BCUT2D eigenvalue weighted by atomic mass is 32.2. The first-order chi connectivity index (χ1) is 7.09. The Morgan fingerprint density at radius 3 is 2.93 bits per heavy atom. The minimum Gasteiger partial charge on any atom is -0.370 e. The minimum atomic E-state index is -0.0924. The van der Waals surface area contributed by atoms with Gasteiger partial charge in [-0.15, -0.1) is 0 Å². The number of amidine groups is 1. The molecule has 1 rings (SSSR count). The first-order valence-corrected chi connectivity index (χ1v) is 5.29. The van der Waals surface area contributed by atoms with Gasteiger partial charge in [0.25, 0.3) is 0 Å². The molecule has 0 aliphatic rings. The molecule has 0 aliphatic heterocycles. The Morgan fingerprint density at radius 2 is 2.33 bits per heavy atom. The normalized spacial score (nSPS) is 9.67. The van der Waals surface area contributed by atoms with Crippen LogP contribution in [0.1, 0.15) is 11.3 Å². The van der Waals surface area contributed by atoms with E-state index in [0.29, 0.717) is 5.75 Å². The van der Waals surface area contributed by atoms with Crippen molar-refractivity contribution in [1.82, 2.24) is 4.98 Å². The van der Waals surface area contributed by atoms with Gasteiger partial charge in [0.1, 0.15) is 0 Å². The van der Waals surface area contributed by atoms with Crippen molar-refractivity contribution in [2.45, 2.75) is 12.7 Å². The van der Waals surface area contributed by atoms with Crippen molar-refractivity contribution in [2.75, 3.05) is 0 Å². The predicted octanol–water partition coefficient (Wildman–Crippen LogP) is 0.831. The molecule has 5 nitrogen and oxygen atoms in total. The molecule has 5 N–H and O–H groups in total. The van der Waals surface area contributed by atoms with Gasteiger partial charge in [0.05, 0.1) is 5.69 Å². The molecule has 80 valence electrons. The number of hydrogen-bond acceptors (Lipinski definition) is 3. The van der Waals surface area contributed by atoms with E-state index in [1.54, 1.807) is 6.20 Å². The molecule has 6 heteroatoms. The summed E-state index contributed by atoms with van der Waals surface area (Å²) in [6, 6.07) is 3.86. The fraction of sp³-hybridized carbons (Fsp3) is 0.222. The zero-order valence-corrected chi connectivity index (χ0v) is 9.21. The third-order valence-corrected chi connectivity index (χ3v) is 2.48. The molecule has 0 amide bonds. The Bertz CT molecular complexity index is 384. The average molecular weight is 223 g/mol. The van der Waals surface area contributed by atoms with E-state index in [2.05, 4.69) is 9.98 Å². The van der Waals surface area contributed by atoms with Gasteiger partial charge >= 0.3 is 0 Å². The molecule has 1 aromatic rings. The number of nitrogens with one attached hydrogen (secondary N) is 1. The van der Waals surface area contributed by atoms with E-state index in [4.69, 9.17) is 16.9 Å². The van der Waals surface area contributed by atoms with E-state index < -0.39 is 0 Å². The maximum absolute atomic E-state index is 7.43. The van der Waals surface area contributed by atoms with E-state index >= 15 is 0 Å². The largest absolute Gasteiger partial charge is 0.370 e. The molecule has 1 heterocycles. The topological polar surface area (TPSA) is 101 Å². The molecule has 0 aromatic carbocycles. The van der Waals surface area contributed by atoms with Crippen molar-refractivity contribution in [3.05, 3.63) is 29.6 Å². The molecule has 0 unspecified atom stereocenters. The number of thioether (sulfide) groups is 1. The number of aliphatic imine (C=N–C) groups is 1. The third-order valence-electron chi connectivity index (χ3n) is 1.69. The quantitative estimate of drug-likeness (QED) is 0.510. The summed E-state index contributed by atoms with van der Waals surface area (Å²) in [6.07, 6.45) is 1.73. The number of pyridine rings is 1. The van der Waals surface area contributed by atoms with Gasteiger partial charge in [-0.25, -0.2) is 0 Å². The number of nitrogens with two attached hydrogens (primary N) is 2. The van der Waals surface area contributed by atoms with Crippen LogP contribution in [-0.4, -0.2) is 16.1 Å². The molecular formula is C9H13N5S. The summed E-state index contributed by atoms with van der Waals surface area (Å²) in [5.41, 5.74) is 12.3. The van der Waals surface area contributed by atoms with Gasteiger partial charge in [0, 0.05) is 11.9 Å². The van der Waals surface area contributed by atoms with Crippen LogP contribution < -0.4 is 11.5 Å². The zero-order chi connectivity index (χ0) is 11.3. The highest BCUT2D eigenvalue weighted by Crippen LogP contribution is 2.14. The second kappa shape index (κ2) is 5.35. The van der Waals surface area contributed by atoms with Crippen molar-refractivity contribution in [2.24, 2.45) is 16.5 Å². The van der Waals surface area contributed by atoms with E-state index in [1.807, 2.05) is 19.1 Å². The van der Waals surface area contributed by atoms with Crippen LogP contribution in [0.4, 0.5) is 0 Å². The van der Waals surface area contributed by atoms with Crippen LogP contribution in [0.15, 0.2) is 23.3 Å². The van der Waals surface area contributed by atoms with E-state index in [-0.39, 0.29) is 11.1 Å². The van der Waals surface area contributed by atoms with Crippen molar-refractivity contribution < 1.29 is 0 Å². The van der Waals surface area contributed by atoms with Gasteiger partial charge in [-0.3, -0.25) is 10.4 Å². The van der Waals surface area contributed by atoms with Crippen LogP contribution in [0, 0.1) is 12.3 Å². The Hall–Kier alpha value is -1.56. The number of nitrogens with zero attached hydrogens (tertiary/aromatic N) is 2. The number of hydrogen-bond donors (Lipinski definition) is 3. The number of aromatic nitrogens is 1. The number of rotatable bonds is 2. The molecule has 1 aromatic heterocycles. The van der Waals surface area contributed by atoms with Gasteiger partial charge in [-0.2, -0.15) is 4.99 Å². The van der Waals surface area contributed by atoms with Crippen molar-refractivity contribution in [3.8, 4) is 0 Å². The Kier molecular flexibility index (Phi) is 4.11. The molecule has 0 spiro atoms. The Labute approximate surface area is 92.5 Å². The van der Waals surface area contributed by atoms with Gasteiger partial charge in [0.15, 0.2) is 11.1 Å². The SMILES string of the molecule is Cc1cccnc1CSC(=N)N=C(N)N. The Balaban J connectivity index is 2.55. The van der Waals surface area contributed by atoms with Crippen molar-refractivity contribution >= 4 is 22.9 Å². The first kappa shape index (κ1) is 11.5. The average Bonchev–Trinajstić information content (AvgIpc) is 2.15. The van der Waals surface area contributed by atoms with Crippen LogP contribution in [0.25, 0.3) is 0 Å². The van der Waals surface area contributed by atoms with Gasteiger partial charge in [-0.1, -0.05) is 17.8 Å². The molecule has 0 radical (unpaired) electrons. The number of guanidine groups is 1. The molecule has 0 aliphatic carbocycles. The first-order valence-electron chi connectivity index (χ1n) is 4.31. The maximum Gasteiger partial charge on any atom is 0.193 e. The lowest BCUT2D eigenvalue weighted by Crippen LogP contribution is -2.23. The monoisotopic (exact) mass is 223 g/mol. The zero-order valence-electron chi connectivity index (χ0n) is 8.40. The summed E-state index contributed by atoms with van der Waals surface area (Å²) in [7, 11) is 0. The summed E-state index contributed by atoms with van der Waals surface area (Å²) in [5, 5.41) is 7.52. The molecule has 0 atom stereocenters. The summed E-state index contributed by atoms with van der Waals surface area (Å²) >= 11 is 1.25. The number of aryl methyl sites for hydroxylation is 1. The van der Waals surface area contributed by atoms with Crippen LogP contribution in [0.5, 0.6) is 0 Å². The van der Waals surface area contributed by atoms with Crippen molar-refractivity contribution in [3.63, 3.8) is 0 Å². The fourth-order valence-electron chi connectivity index (χ4n) is 0.956. The van der Waals surface area contributed by atoms with Gasteiger partial charge in [0.2, 0.25) is 0 Å². The summed E-state index contributed by atoms with van der Waals surface area (Å²) in [5.74, 6) is 0.507. The van der Waals surface area contributed by atoms with E-state index in [9.17, 15) is 0 Å². The molecule has 0 fully saturated rings. The van der Waals surface area contributed by atoms with Crippen LogP contribution in [0.2, 0.25) is 0 Å². The summed E-state index contributed by atoms with van der Waals surface area (Å²) in [4.78, 5) is 7.81. The third kappa shape index (κ3) is 3.99. The van der Waals surface area contributed by atoms with Crippen LogP contribution >= 0.6 is 11.8 Å². The van der Waals surface area contributed by atoms with E-state index in [0.717, 1.165) is 11.3 Å². The van der Waals surface area contributed by atoms with Gasteiger partial charge in [-0.05, 0) is 18.6 Å². The standard InChI is InChI=1S/C9H13N5S/c1-6-3-2-4-13-7(6)5-15-9(12)14-8(10)11/h2-4H,5H2,1H3,(H5,10,11,12,14). The predicted molar refractivity (Wildman–Crippen MR) is 63.8 cm³/mol. The molecule has 0 saturated carbocycles. The van der Waals surface area contributed by atoms with E-state index in [1.165, 1.54) is 11.8 Å². The van der Waals surface area contributed by atoms with Crippen LogP contribution in [-0.2, 0) is 5.75 Å². The highest BCUT2D eigenvalue weighted by molar-refractivity contribution is 8.13. The van der Waals surface area contributed by atoms with Crippen LogP contribution in [0.3, 0.4) is 0 Å². The van der Waals surface area contributed by atoms with Gasteiger partial charge < -0.3 is 11.5 Å². The molecule has 0 saturated heterocycles.